The Morgan fingerprint density at radius 1 is 1.32 bits per heavy atom. The van der Waals surface area contributed by atoms with E-state index in [0.29, 0.717) is 16.7 Å². The number of fused-ring (bicyclic) bond motifs is 2. The average molecular weight is 459 g/mol. The second-order valence-electron chi connectivity index (χ2n) is 7.18. The summed E-state index contributed by atoms with van der Waals surface area (Å²) in [7, 11) is 0. The molecule has 3 heterocycles. The zero-order chi connectivity index (χ0) is 22.5. The Labute approximate surface area is 177 Å². The zero-order valence-electron chi connectivity index (χ0n) is 15.9. The lowest BCUT2D eigenvalue weighted by molar-refractivity contribution is -0.149. The Morgan fingerprint density at radius 2 is 2.06 bits per heavy atom. The van der Waals surface area contributed by atoms with Gasteiger partial charge in [-0.1, -0.05) is 16.8 Å². The average Bonchev–Trinajstić information content (AvgIpc) is 3.30. The summed E-state index contributed by atoms with van der Waals surface area (Å²) >= 11 is 5.76. The van der Waals surface area contributed by atoms with E-state index in [9.17, 15) is 27.2 Å². The second-order valence-corrected chi connectivity index (χ2v) is 7.59. The minimum atomic E-state index is -4.61. The van der Waals surface area contributed by atoms with Crippen LogP contribution < -0.4 is 5.32 Å². The van der Waals surface area contributed by atoms with Crippen molar-refractivity contribution < 1.29 is 31.7 Å². The molecule has 1 aromatic carbocycles. The number of hydrogen-bond donors (Lipinski definition) is 2. The van der Waals surface area contributed by atoms with Crippen molar-refractivity contribution in [3.63, 3.8) is 0 Å². The molecule has 1 unspecified atom stereocenters. The van der Waals surface area contributed by atoms with E-state index in [1.54, 1.807) is 0 Å². The Balaban J connectivity index is 1.55. The number of H-pyrrole nitrogens is 1. The fraction of sp³-hybridized carbons (Fsp3) is 0.316. The number of nitrogens with one attached hydrogen (secondary N) is 2. The normalized spacial score (nSPS) is 15.1. The van der Waals surface area contributed by atoms with Crippen molar-refractivity contribution >= 4 is 34.3 Å². The third kappa shape index (κ3) is 3.97. The number of nitrogens with zero attached hydrogens (tertiary/aromatic N) is 2. The summed E-state index contributed by atoms with van der Waals surface area (Å²) in [6, 6.07) is 1.96. The number of carbonyl (C=O) groups excluding carboxylic acids is 2. The van der Waals surface area contributed by atoms with Crippen molar-refractivity contribution in [2.75, 3.05) is 6.54 Å². The number of aromatic nitrogens is 2. The first-order valence-corrected chi connectivity index (χ1v) is 9.54. The molecule has 1 aliphatic rings. The maximum Gasteiger partial charge on any atom is 0.408 e. The van der Waals surface area contributed by atoms with Crippen LogP contribution in [0.15, 0.2) is 22.7 Å². The fourth-order valence-electron chi connectivity index (χ4n) is 3.32. The number of hydrogen-bond acceptors (Lipinski definition) is 4. The van der Waals surface area contributed by atoms with E-state index in [0.717, 1.165) is 6.92 Å². The highest BCUT2D eigenvalue weighted by atomic mass is 35.5. The third-order valence-electron chi connectivity index (χ3n) is 5.06. The van der Waals surface area contributed by atoms with Gasteiger partial charge in [0.05, 0.1) is 11.6 Å². The maximum absolute atomic E-state index is 13.7. The highest BCUT2D eigenvalue weighted by Crippen LogP contribution is 2.27. The number of aromatic amines is 1. The van der Waals surface area contributed by atoms with E-state index in [2.05, 4.69) is 10.1 Å². The molecule has 7 nitrogen and oxygen atoms in total. The molecule has 0 aliphatic carbocycles. The van der Waals surface area contributed by atoms with Crippen LogP contribution >= 0.6 is 11.6 Å². The fourth-order valence-corrected chi connectivity index (χ4v) is 3.48. The van der Waals surface area contributed by atoms with Gasteiger partial charge in [0.25, 0.3) is 11.8 Å². The van der Waals surface area contributed by atoms with Crippen molar-refractivity contribution in [1.82, 2.24) is 20.4 Å². The summed E-state index contributed by atoms with van der Waals surface area (Å²) in [4.78, 5) is 29.5. The number of halogens is 5. The number of benzene rings is 1. The van der Waals surface area contributed by atoms with Crippen molar-refractivity contribution in [1.29, 1.82) is 0 Å². The molecule has 0 radical (unpaired) electrons. The molecule has 0 bridgehead atoms. The van der Waals surface area contributed by atoms with Crippen LogP contribution in [0.4, 0.5) is 17.6 Å². The molecule has 1 aliphatic heterocycles. The molecule has 0 saturated heterocycles. The topological polar surface area (TPSA) is 91.2 Å². The van der Waals surface area contributed by atoms with Crippen LogP contribution in [0.3, 0.4) is 0 Å². The lowest BCUT2D eigenvalue weighted by Gasteiger charge is -2.26. The molecule has 0 saturated carbocycles. The van der Waals surface area contributed by atoms with Gasteiger partial charge in [0.15, 0.2) is 5.69 Å². The van der Waals surface area contributed by atoms with Gasteiger partial charge in [0.2, 0.25) is 0 Å². The molecule has 164 valence electrons. The van der Waals surface area contributed by atoms with Gasteiger partial charge in [-0.05, 0) is 25.1 Å². The minimum absolute atomic E-state index is 0.0781. The SMILES string of the molecule is CC(NC(=O)c1noc2c1CN(C(=O)c1cc3cc(F)c(Cl)cc3[nH]1)CC2)C(F)(F)F. The van der Waals surface area contributed by atoms with E-state index in [1.165, 1.54) is 23.1 Å². The van der Waals surface area contributed by atoms with Crippen LogP contribution in [0.5, 0.6) is 0 Å². The van der Waals surface area contributed by atoms with E-state index in [-0.39, 0.29) is 41.5 Å². The summed E-state index contributed by atoms with van der Waals surface area (Å²) in [5.41, 5.74) is 0.595. The molecule has 12 heteroatoms. The molecule has 4 rings (SSSR count). The predicted octanol–water partition coefficient (Wildman–Crippen LogP) is 3.83. The monoisotopic (exact) mass is 458 g/mol. The Kier molecular flexibility index (Phi) is 5.16. The maximum atomic E-state index is 13.7. The minimum Gasteiger partial charge on any atom is -0.360 e. The number of amides is 2. The Hall–Kier alpha value is -3.08. The quantitative estimate of drug-likeness (QED) is 0.584. The standard InChI is InChI=1S/C19H15ClF4N4O3/c1-8(19(22,23)24)25-17(29)16-10-7-28(3-2-15(10)31-27-16)18(30)14-5-9-4-12(21)11(20)6-13(9)26-14/h4-6,8,26H,2-3,7H2,1H3,(H,25,29). The van der Waals surface area contributed by atoms with Crippen LogP contribution in [-0.2, 0) is 13.0 Å². The first kappa shape index (κ1) is 21.2. The van der Waals surface area contributed by atoms with Gasteiger partial charge in [-0.2, -0.15) is 13.2 Å². The van der Waals surface area contributed by atoms with Crippen molar-refractivity contribution in [2.24, 2.45) is 0 Å². The van der Waals surface area contributed by atoms with Gasteiger partial charge < -0.3 is 19.7 Å². The molecule has 1 atom stereocenters. The van der Waals surface area contributed by atoms with Gasteiger partial charge in [-0.15, -0.1) is 0 Å². The van der Waals surface area contributed by atoms with E-state index in [4.69, 9.17) is 16.1 Å². The first-order chi connectivity index (χ1) is 14.5. The highest BCUT2D eigenvalue weighted by molar-refractivity contribution is 6.31. The van der Waals surface area contributed by atoms with Gasteiger partial charge in [0, 0.05) is 29.4 Å². The van der Waals surface area contributed by atoms with Crippen LogP contribution in [0.2, 0.25) is 5.02 Å². The number of rotatable bonds is 3. The molecule has 2 aromatic heterocycles. The zero-order valence-corrected chi connectivity index (χ0v) is 16.7. The Bertz CT molecular complexity index is 1150. The molecule has 31 heavy (non-hydrogen) atoms. The van der Waals surface area contributed by atoms with Crippen LogP contribution in [0.1, 0.15) is 39.2 Å². The van der Waals surface area contributed by atoms with Crippen molar-refractivity contribution in [3.8, 4) is 0 Å². The molecule has 2 N–H and O–H groups in total. The highest BCUT2D eigenvalue weighted by Gasteiger charge is 2.38. The van der Waals surface area contributed by atoms with Crippen LogP contribution in [-0.4, -0.2) is 45.6 Å². The lowest BCUT2D eigenvalue weighted by Crippen LogP contribution is -2.44. The molecule has 3 aromatic rings. The van der Waals surface area contributed by atoms with Crippen LogP contribution in [0, 0.1) is 5.82 Å². The van der Waals surface area contributed by atoms with Crippen molar-refractivity contribution in [2.45, 2.75) is 32.1 Å². The lowest BCUT2D eigenvalue weighted by atomic mass is 10.0. The molecular weight excluding hydrogens is 444 g/mol. The van der Waals surface area contributed by atoms with E-state index < -0.39 is 29.8 Å². The summed E-state index contributed by atoms with van der Waals surface area (Å²) in [6.07, 6.45) is -4.38. The van der Waals surface area contributed by atoms with Crippen molar-refractivity contribution in [3.05, 3.63) is 51.8 Å². The molecule has 0 spiro atoms. The third-order valence-corrected chi connectivity index (χ3v) is 5.35. The number of alkyl halides is 3. The van der Waals surface area contributed by atoms with Gasteiger partial charge in [0.1, 0.15) is 23.3 Å². The largest absolute Gasteiger partial charge is 0.408 e. The number of carbonyl (C=O) groups is 2. The smallest absolute Gasteiger partial charge is 0.360 e. The second kappa shape index (κ2) is 7.56. The van der Waals surface area contributed by atoms with Crippen LogP contribution in [0.25, 0.3) is 10.9 Å². The summed E-state index contributed by atoms with van der Waals surface area (Å²) in [6.45, 7) is 0.974. The first-order valence-electron chi connectivity index (χ1n) is 9.16. The Morgan fingerprint density at radius 3 is 2.77 bits per heavy atom. The molecule has 0 fully saturated rings. The molecule has 2 amide bonds. The predicted molar refractivity (Wildman–Crippen MR) is 101 cm³/mol. The molecular formula is C19H15ClF4N4O3. The van der Waals surface area contributed by atoms with Gasteiger partial charge in [-0.25, -0.2) is 4.39 Å². The summed E-state index contributed by atoms with van der Waals surface area (Å²) in [5.74, 6) is -1.77. The van der Waals surface area contributed by atoms with E-state index >= 15 is 0 Å². The van der Waals surface area contributed by atoms with E-state index in [1.807, 2.05) is 5.32 Å². The van der Waals surface area contributed by atoms with Gasteiger partial charge in [-0.3, -0.25) is 9.59 Å². The van der Waals surface area contributed by atoms with Gasteiger partial charge >= 0.3 is 6.18 Å². The summed E-state index contributed by atoms with van der Waals surface area (Å²) in [5, 5.41) is 5.79. The summed E-state index contributed by atoms with van der Waals surface area (Å²) < 4.78 is 57.0.